The minimum atomic E-state index is -0.188. The third-order valence-electron chi connectivity index (χ3n) is 6.04. The first-order chi connectivity index (χ1) is 16.6. The number of rotatable bonds is 6. The largest absolute Gasteiger partial charge is 0.497 e. The summed E-state index contributed by atoms with van der Waals surface area (Å²) in [6, 6.07) is 8.72. The van der Waals surface area contributed by atoms with E-state index < -0.39 is 0 Å². The SMILES string of the molecule is COc1cc(OC)c(Cl)c(-c2cc3nnc(Nc4ccncc4)nc3n(C3CCCC3)c2=O)c1. The third-order valence-corrected chi connectivity index (χ3v) is 6.43. The predicted octanol–water partition coefficient (Wildman–Crippen LogP) is 4.78. The number of methoxy groups -OCH3 is 2. The molecule has 174 valence electrons. The summed E-state index contributed by atoms with van der Waals surface area (Å²) < 4.78 is 12.6. The topological polar surface area (TPSA) is 104 Å². The molecule has 1 N–H and O–H groups in total. The Morgan fingerprint density at radius 3 is 2.50 bits per heavy atom. The summed E-state index contributed by atoms with van der Waals surface area (Å²) in [7, 11) is 3.07. The van der Waals surface area contributed by atoms with Crippen molar-refractivity contribution in [2.75, 3.05) is 19.5 Å². The highest BCUT2D eigenvalue weighted by molar-refractivity contribution is 6.35. The number of nitrogens with one attached hydrogen (secondary N) is 1. The van der Waals surface area contributed by atoms with Gasteiger partial charge in [0.25, 0.3) is 5.56 Å². The molecular weight excluding hydrogens is 456 g/mol. The first-order valence-electron chi connectivity index (χ1n) is 11.0. The van der Waals surface area contributed by atoms with Gasteiger partial charge in [0.2, 0.25) is 5.95 Å². The first kappa shape index (κ1) is 22.1. The molecule has 0 saturated heterocycles. The number of anilines is 2. The molecule has 1 aliphatic carbocycles. The maximum absolute atomic E-state index is 13.9. The summed E-state index contributed by atoms with van der Waals surface area (Å²) in [6.07, 6.45) is 7.23. The van der Waals surface area contributed by atoms with Crippen LogP contribution in [0.3, 0.4) is 0 Å². The number of ether oxygens (including phenoxy) is 2. The molecule has 34 heavy (non-hydrogen) atoms. The lowest BCUT2D eigenvalue weighted by atomic mass is 10.0. The predicted molar refractivity (Wildman–Crippen MR) is 130 cm³/mol. The molecule has 0 unspecified atom stereocenters. The second-order valence-corrected chi connectivity index (χ2v) is 8.45. The van der Waals surface area contributed by atoms with E-state index >= 15 is 0 Å². The van der Waals surface area contributed by atoms with Crippen LogP contribution < -0.4 is 20.3 Å². The zero-order chi connectivity index (χ0) is 23.7. The van der Waals surface area contributed by atoms with Crippen LogP contribution in [-0.2, 0) is 0 Å². The summed E-state index contributed by atoms with van der Waals surface area (Å²) in [5.74, 6) is 1.26. The Bertz CT molecular complexity index is 1400. The van der Waals surface area contributed by atoms with Crippen LogP contribution in [0.4, 0.5) is 11.6 Å². The molecule has 1 saturated carbocycles. The fourth-order valence-corrected chi connectivity index (χ4v) is 4.66. The van der Waals surface area contributed by atoms with Crippen molar-refractivity contribution < 1.29 is 9.47 Å². The molecule has 5 rings (SSSR count). The van der Waals surface area contributed by atoms with Crippen LogP contribution in [0.25, 0.3) is 22.3 Å². The molecule has 3 aromatic heterocycles. The molecule has 10 heteroatoms. The highest BCUT2D eigenvalue weighted by atomic mass is 35.5. The number of hydrogen-bond donors (Lipinski definition) is 1. The van der Waals surface area contributed by atoms with Crippen molar-refractivity contribution in [1.29, 1.82) is 0 Å². The number of halogens is 1. The van der Waals surface area contributed by atoms with Crippen molar-refractivity contribution in [3.05, 3.63) is 58.1 Å². The Morgan fingerprint density at radius 1 is 1.03 bits per heavy atom. The molecule has 3 heterocycles. The van der Waals surface area contributed by atoms with Gasteiger partial charge in [-0.05, 0) is 37.1 Å². The minimum Gasteiger partial charge on any atom is -0.497 e. The van der Waals surface area contributed by atoms with E-state index in [-0.39, 0.29) is 11.6 Å². The highest BCUT2D eigenvalue weighted by Gasteiger charge is 2.25. The maximum atomic E-state index is 13.9. The van der Waals surface area contributed by atoms with Crippen LogP contribution in [0.1, 0.15) is 31.7 Å². The maximum Gasteiger partial charge on any atom is 0.260 e. The lowest BCUT2D eigenvalue weighted by molar-refractivity contribution is 0.395. The van der Waals surface area contributed by atoms with Gasteiger partial charge in [0.1, 0.15) is 17.0 Å². The number of pyridine rings is 2. The standard InChI is InChI=1S/C24H23ClN6O3/c1-33-16-11-17(21(25)20(12-16)34-2)18-13-19-22(31(23(18)32)15-5-3-4-6-15)28-24(30-29-19)27-14-7-9-26-10-8-14/h7-13,15H,3-6H2,1-2H3,(H,26,27,28,30). The van der Waals surface area contributed by atoms with Crippen molar-refractivity contribution in [1.82, 2.24) is 24.7 Å². The van der Waals surface area contributed by atoms with Gasteiger partial charge in [-0.25, -0.2) is 0 Å². The summed E-state index contributed by atoms with van der Waals surface area (Å²) in [5.41, 5.74) is 2.48. The van der Waals surface area contributed by atoms with Gasteiger partial charge in [0.15, 0.2) is 5.65 Å². The Morgan fingerprint density at radius 2 is 1.79 bits per heavy atom. The molecule has 1 aliphatic rings. The van der Waals surface area contributed by atoms with Crippen LogP contribution in [0.2, 0.25) is 5.02 Å². The van der Waals surface area contributed by atoms with Gasteiger partial charge in [-0.3, -0.25) is 14.3 Å². The van der Waals surface area contributed by atoms with E-state index in [1.54, 1.807) is 54.4 Å². The van der Waals surface area contributed by atoms with Crippen molar-refractivity contribution in [2.45, 2.75) is 31.7 Å². The Kier molecular flexibility index (Phi) is 6.02. The average molecular weight is 479 g/mol. The Labute approximate surface area is 200 Å². The fraction of sp³-hybridized carbons (Fsp3) is 0.292. The number of nitrogens with zero attached hydrogens (tertiary/aromatic N) is 5. The summed E-state index contributed by atoms with van der Waals surface area (Å²) >= 11 is 6.63. The molecule has 9 nitrogen and oxygen atoms in total. The summed E-state index contributed by atoms with van der Waals surface area (Å²) in [5, 5.41) is 12.1. The first-order valence-corrected chi connectivity index (χ1v) is 11.4. The molecule has 0 radical (unpaired) electrons. The van der Waals surface area contributed by atoms with Crippen molar-refractivity contribution in [2.24, 2.45) is 0 Å². The zero-order valence-corrected chi connectivity index (χ0v) is 19.5. The van der Waals surface area contributed by atoms with Gasteiger partial charge in [-0.2, -0.15) is 4.98 Å². The Balaban J connectivity index is 1.72. The zero-order valence-electron chi connectivity index (χ0n) is 18.8. The van der Waals surface area contributed by atoms with Crippen LogP contribution >= 0.6 is 11.6 Å². The number of fused-ring (bicyclic) bond motifs is 1. The number of hydrogen-bond acceptors (Lipinski definition) is 8. The third kappa shape index (κ3) is 4.03. The van der Waals surface area contributed by atoms with Gasteiger partial charge >= 0.3 is 0 Å². The molecule has 0 atom stereocenters. The smallest absolute Gasteiger partial charge is 0.260 e. The second-order valence-electron chi connectivity index (χ2n) is 8.07. The molecule has 0 spiro atoms. The summed E-state index contributed by atoms with van der Waals surface area (Å²) in [4.78, 5) is 22.6. The molecule has 4 aromatic rings. The van der Waals surface area contributed by atoms with E-state index in [1.807, 2.05) is 0 Å². The van der Waals surface area contributed by atoms with E-state index in [1.165, 1.54) is 7.11 Å². The van der Waals surface area contributed by atoms with Gasteiger partial charge in [0, 0.05) is 35.8 Å². The Hall–Kier alpha value is -3.72. The normalized spacial score (nSPS) is 13.9. The monoisotopic (exact) mass is 478 g/mol. The van der Waals surface area contributed by atoms with Crippen molar-refractivity contribution in [3.8, 4) is 22.6 Å². The summed E-state index contributed by atoms with van der Waals surface area (Å²) in [6.45, 7) is 0. The van der Waals surface area contributed by atoms with E-state index in [0.29, 0.717) is 44.8 Å². The molecule has 1 fully saturated rings. The van der Waals surface area contributed by atoms with Gasteiger partial charge in [0.05, 0.1) is 24.8 Å². The lowest BCUT2D eigenvalue weighted by Gasteiger charge is -2.19. The highest BCUT2D eigenvalue weighted by Crippen LogP contribution is 2.39. The van der Waals surface area contributed by atoms with Crippen LogP contribution in [0.15, 0.2) is 47.5 Å². The molecule has 0 bridgehead atoms. The quantitative estimate of drug-likeness (QED) is 0.422. The van der Waals surface area contributed by atoms with Crippen LogP contribution in [-0.4, -0.2) is 39.0 Å². The number of benzene rings is 1. The van der Waals surface area contributed by atoms with E-state index in [2.05, 4.69) is 25.5 Å². The van der Waals surface area contributed by atoms with Crippen molar-refractivity contribution in [3.63, 3.8) is 0 Å². The van der Waals surface area contributed by atoms with Crippen molar-refractivity contribution >= 4 is 34.4 Å². The average Bonchev–Trinajstić information content (AvgIpc) is 3.39. The van der Waals surface area contributed by atoms with Gasteiger partial charge < -0.3 is 14.8 Å². The van der Waals surface area contributed by atoms with E-state index in [0.717, 1.165) is 31.4 Å². The van der Waals surface area contributed by atoms with E-state index in [4.69, 9.17) is 21.1 Å². The fourth-order valence-electron chi connectivity index (χ4n) is 4.37. The number of aromatic nitrogens is 5. The molecule has 0 amide bonds. The van der Waals surface area contributed by atoms with Crippen LogP contribution in [0.5, 0.6) is 11.5 Å². The molecule has 0 aliphatic heterocycles. The minimum absolute atomic E-state index is 0.0201. The van der Waals surface area contributed by atoms with Gasteiger partial charge in [-0.15, -0.1) is 10.2 Å². The van der Waals surface area contributed by atoms with E-state index in [9.17, 15) is 4.79 Å². The molecular formula is C24H23ClN6O3. The van der Waals surface area contributed by atoms with Gasteiger partial charge in [-0.1, -0.05) is 24.4 Å². The molecule has 1 aromatic carbocycles. The second kappa shape index (κ2) is 9.26. The van der Waals surface area contributed by atoms with Crippen LogP contribution in [0, 0.1) is 0 Å². The lowest BCUT2D eigenvalue weighted by Crippen LogP contribution is -2.26.